The smallest absolute Gasteiger partial charge is 0.328 e. The number of methoxy groups -OCH3 is 1. The Morgan fingerprint density at radius 2 is 2.40 bits per heavy atom. The molecule has 2 amide bonds. The van der Waals surface area contributed by atoms with Crippen LogP contribution in [-0.2, 0) is 9.53 Å². The summed E-state index contributed by atoms with van der Waals surface area (Å²) in [6.45, 7) is 4.51. The van der Waals surface area contributed by atoms with E-state index in [1.807, 2.05) is 0 Å². The van der Waals surface area contributed by atoms with E-state index >= 15 is 0 Å². The molecule has 1 heterocycles. The van der Waals surface area contributed by atoms with Crippen molar-refractivity contribution in [2.45, 2.75) is 18.9 Å². The number of nitrogens with one attached hydrogen (secondary N) is 1. The minimum Gasteiger partial charge on any atom is -0.467 e. The number of ether oxygens (including phenoxy) is 1. The topological polar surface area (TPSA) is 58.6 Å². The lowest BCUT2D eigenvalue weighted by Gasteiger charge is -2.22. The zero-order chi connectivity index (χ0) is 11.3. The molecular weight excluding hydrogens is 196 g/mol. The van der Waals surface area contributed by atoms with Crippen LogP contribution in [-0.4, -0.2) is 43.1 Å². The molecule has 0 aromatic carbocycles. The van der Waals surface area contributed by atoms with Gasteiger partial charge in [-0.15, -0.1) is 6.58 Å². The van der Waals surface area contributed by atoms with Crippen LogP contribution >= 0.6 is 0 Å². The molecule has 15 heavy (non-hydrogen) atoms. The second-order valence-electron chi connectivity index (χ2n) is 3.35. The molecule has 1 rings (SSSR count). The van der Waals surface area contributed by atoms with Crippen molar-refractivity contribution < 1.29 is 14.3 Å². The molecule has 0 aromatic heterocycles. The molecule has 1 atom stereocenters. The number of nitrogens with zero attached hydrogens (tertiary/aromatic N) is 1. The number of esters is 1. The summed E-state index contributed by atoms with van der Waals surface area (Å²) in [7, 11) is 1.33. The van der Waals surface area contributed by atoms with Crippen molar-refractivity contribution in [1.29, 1.82) is 0 Å². The molecule has 5 nitrogen and oxygen atoms in total. The van der Waals surface area contributed by atoms with Crippen molar-refractivity contribution in [3.8, 4) is 0 Å². The third-order valence-corrected chi connectivity index (χ3v) is 2.38. The molecule has 1 aliphatic heterocycles. The van der Waals surface area contributed by atoms with Crippen LogP contribution in [0, 0.1) is 0 Å². The number of amides is 2. The fraction of sp³-hybridized carbons (Fsp3) is 0.600. The first-order valence-electron chi connectivity index (χ1n) is 4.94. The predicted octanol–water partition coefficient (Wildman–Crippen LogP) is 0.519. The van der Waals surface area contributed by atoms with Gasteiger partial charge >= 0.3 is 12.0 Å². The highest BCUT2D eigenvalue weighted by Crippen LogP contribution is 2.18. The average Bonchev–Trinajstić information content (AvgIpc) is 2.73. The number of carbonyl (C=O) groups is 2. The van der Waals surface area contributed by atoms with E-state index in [1.54, 1.807) is 6.08 Å². The zero-order valence-corrected chi connectivity index (χ0v) is 8.86. The molecule has 84 valence electrons. The number of hydrogen-bond acceptors (Lipinski definition) is 3. The lowest BCUT2D eigenvalue weighted by molar-refractivity contribution is -0.144. The summed E-state index contributed by atoms with van der Waals surface area (Å²) < 4.78 is 4.64. The van der Waals surface area contributed by atoms with Gasteiger partial charge in [-0.25, -0.2) is 9.59 Å². The van der Waals surface area contributed by atoms with Crippen molar-refractivity contribution in [1.82, 2.24) is 10.2 Å². The minimum atomic E-state index is -0.431. The normalized spacial score (nSPS) is 19.8. The molecule has 0 aromatic rings. The van der Waals surface area contributed by atoms with Crippen molar-refractivity contribution in [3.63, 3.8) is 0 Å². The van der Waals surface area contributed by atoms with Gasteiger partial charge in [0, 0.05) is 13.1 Å². The molecule has 0 radical (unpaired) electrons. The third kappa shape index (κ3) is 2.71. The number of urea groups is 1. The lowest BCUT2D eigenvalue weighted by Crippen LogP contribution is -2.46. The summed E-state index contributed by atoms with van der Waals surface area (Å²) >= 11 is 0. The fourth-order valence-corrected chi connectivity index (χ4v) is 1.65. The van der Waals surface area contributed by atoms with Crippen LogP contribution in [0.25, 0.3) is 0 Å². The van der Waals surface area contributed by atoms with Gasteiger partial charge < -0.3 is 15.0 Å². The Hall–Kier alpha value is -1.52. The van der Waals surface area contributed by atoms with Crippen molar-refractivity contribution in [3.05, 3.63) is 12.7 Å². The van der Waals surface area contributed by atoms with Gasteiger partial charge in [0.1, 0.15) is 6.04 Å². The van der Waals surface area contributed by atoms with E-state index in [4.69, 9.17) is 0 Å². The van der Waals surface area contributed by atoms with E-state index in [9.17, 15) is 9.59 Å². The highest BCUT2D eigenvalue weighted by Gasteiger charge is 2.34. The van der Waals surface area contributed by atoms with E-state index in [-0.39, 0.29) is 12.0 Å². The molecule has 0 bridgehead atoms. The van der Waals surface area contributed by atoms with Gasteiger partial charge in [0.25, 0.3) is 0 Å². The van der Waals surface area contributed by atoms with Gasteiger partial charge in [0.2, 0.25) is 0 Å². The quantitative estimate of drug-likeness (QED) is 0.548. The van der Waals surface area contributed by atoms with Crippen LogP contribution < -0.4 is 5.32 Å². The second-order valence-corrected chi connectivity index (χ2v) is 3.35. The molecule has 1 aliphatic rings. The summed E-state index contributed by atoms with van der Waals surface area (Å²) in [6.07, 6.45) is 3.11. The average molecular weight is 212 g/mol. The van der Waals surface area contributed by atoms with Crippen LogP contribution in [0.5, 0.6) is 0 Å². The van der Waals surface area contributed by atoms with Crippen molar-refractivity contribution >= 4 is 12.0 Å². The lowest BCUT2D eigenvalue weighted by atomic mass is 10.2. The maximum absolute atomic E-state index is 11.6. The first kappa shape index (κ1) is 11.6. The molecule has 0 saturated carbocycles. The number of likely N-dealkylation sites (tertiary alicyclic amines) is 1. The Kier molecular flexibility index (Phi) is 4.15. The first-order valence-corrected chi connectivity index (χ1v) is 4.94. The van der Waals surface area contributed by atoms with Crippen LogP contribution in [0.1, 0.15) is 12.8 Å². The van der Waals surface area contributed by atoms with E-state index < -0.39 is 6.04 Å². The van der Waals surface area contributed by atoms with Crippen LogP contribution in [0.2, 0.25) is 0 Å². The second kappa shape index (κ2) is 5.38. The summed E-state index contributed by atoms with van der Waals surface area (Å²) in [6, 6.07) is -0.664. The molecule has 1 N–H and O–H groups in total. The minimum absolute atomic E-state index is 0.234. The molecule has 0 spiro atoms. The number of rotatable bonds is 3. The molecule has 5 heteroatoms. The van der Waals surface area contributed by atoms with Crippen LogP contribution in [0.3, 0.4) is 0 Å². The van der Waals surface area contributed by atoms with Crippen molar-refractivity contribution in [2.75, 3.05) is 20.2 Å². The fourth-order valence-electron chi connectivity index (χ4n) is 1.65. The highest BCUT2D eigenvalue weighted by atomic mass is 16.5. The van der Waals surface area contributed by atoms with Gasteiger partial charge in [-0.2, -0.15) is 0 Å². The Labute approximate surface area is 89.1 Å². The number of hydrogen-bond donors (Lipinski definition) is 1. The highest BCUT2D eigenvalue weighted by molar-refractivity contribution is 5.84. The summed E-state index contributed by atoms with van der Waals surface area (Å²) in [4.78, 5) is 24.4. The Morgan fingerprint density at radius 3 is 3.00 bits per heavy atom. The Bertz CT molecular complexity index is 265. The monoisotopic (exact) mass is 212 g/mol. The molecule has 1 unspecified atom stereocenters. The zero-order valence-electron chi connectivity index (χ0n) is 8.86. The van der Waals surface area contributed by atoms with E-state index in [1.165, 1.54) is 12.0 Å². The molecular formula is C10H16N2O3. The van der Waals surface area contributed by atoms with Gasteiger partial charge in [0.05, 0.1) is 7.11 Å². The molecule has 1 fully saturated rings. The SMILES string of the molecule is C=CCNC(=O)N1CCCC1C(=O)OC. The Balaban J connectivity index is 2.55. The van der Waals surface area contributed by atoms with E-state index in [2.05, 4.69) is 16.6 Å². The summed E-state index contributed by atoms with van der Waals surface area (Å²) in [5.41, 5.74) is 0. The maximum Gasteiger partial charge on any atom is 0.328 e. The largest absolute Gasteiger partial charge is 0.467 e. The van der Waals surface area contributed by atoms with Gasteiger partial charge in [-0.05, 0) is 12.8 Å². The predicted molar refractivity (Wildman–Crippen MR) is 55.3 cm³/mol. The van der Waals surface area contributed by atoms with Crippen LogP contribution in [0.15, 0.2) is 12.7 Å². The number of carbonyl (C=O) groups excluding carboxylic acids is 2. The van der Waals surface area contributed by atoms with Gasteiger partial charge in [-0.3, -0.25) is 0 Å². The van der Waals surface area contributed by atoms with E-state index in [0.717, 1.165) is 6.42 Å². The Morgan fingerprint density at radius 1 is 1.67 bits per heavy atom. The van der Waals surface area contributed by atoms with Gasteiger partial charge in [-0.1, -0.05) is 6.08 Å². The standard InChI is InChI=1S/C10H16N2O3/c1-3-6-11-10(14)12-7-4-5-8(12)9(13)15-2/h3,8H,1,4-7H2,2H3,(H,11,14). The van der Waals surface area contributed by atoms with Crippen molar-refractivity contribution in [2.24, 2.45) is 0 Å². The first-order chi connectivity index (χ1) is 7.20. The van der Waals surface area contributed by atoms with Gasteiger partial charge in [0.15, 0.2) is 0 Å². The molecule has 0 aliphatic carbocycles. The summed E-state index contributed by atoms with van der Waals surface area (Å²) in [5.74, 6) is -0.346. The van der Waals surface area contributed by atoms with Crippen LogP contribution in [0.4, 0.5) is 4.79 Å². The third-order valence-electron chi connectivity index (χ3n) is 2.38. The molecule has 1 saturated heterocycles. The summed E-state index contributed by atoms with van der Waals surface area (Å²) in [5, 5.41) is 2.64. The maximum atomic E-state index is 11.6. The van der Waals surface area contributed by atoms with E-state index in [0.29, 0.717) is 19.5 Å².